The summed E-state index contributed by atoms with van der Waals surface area (Å²) in [7, 11) is 0. The first-order chi connectivity index (χ1) is 8.33. The molecular weight excluding hydrogens is 218 g/mol. The molecule has 0 atom stereocenters. The number of hydrogen-bond donors (Lipinski definition) is 1. The number of hydrogen-bond acceptors (Lipinski definition) is 4. The van der Waals surface area contributed by atoms with Crippen LogP contribution >= 0.6 is 0 Å². The zero-order valence-electron chi connectivity index (χ0n) is 9.71. The summed E-state index contributed by atoms with van der Waals surface area (Å²) >= 11 is 0. The van der Waals surface area contributed by atoms with E-state index < -0.39 is 0 Å². The van der Waals surface area contributed by atoms with Crippen LogP contribution in [0, 0.1) is 0 Å². The largest absolute Gasteiger partial charge is 0.486 e. The molecule has 0 aliphatic rings. The van der Waals surface area contributed by atoms with Crippen LogP contribution in [0.2, 0.25) is 0 Å². The van der Waals surface area contributed by atoms with Gasteiger partial charge in [0.2, 0.25) is 0 Å². The van der Waals surface area contributed by atoms with Gasteiger partial charge in [-0.1, -0.05) is 0 Å². The number of aliphatic hydroxyl groups is 1. The van der Waals surface area contributed by atoms with E-state index in [9.17, 15) is 0 Å². The Morgan fingerprint density at radius 3 is 2.88 bits per heavy atom. The molecule has 0 unspecified atom stereocenters. The van der Waals surface area contributed by atoms with Crippen LogP contribution in [0.15, 0.2) is 30.9 Å². The molecule has 90 valence electrons. The maximum absolute atomic E-state index is 8.86. The molecule has 0 aromatic carbocycles. The molecule has 0 aliphatic carbocycles. The third-order valence-electron chi connectivity index (χ3n) is 2.49. The Kier molecular flexibility index (Phi) is 3.72. The van der Waals surface area contributed by atoms with Crippen molar-refractivity contribution in [2.24, 2.45) is 0 Å². The minimum absolute atomic E-state index is 0.0527. The first-order valence-electron chi connectivity index (χ1n) is 5.51. The summed E-state index contributed by atoms with van der Waals surface area (Å²) in [6, 6.07) is 3.54. The minimum Gasteiger partial charge on any atom is -0.486 e. The Balaban J connectivity index is 1.97. The van der Waals surface area contributed by atoms with E-state index in [1.807, 2.05) is 4.57 Å². The molecule has 5 nitrogen and oxygen atoms in total. The Morgan fingerprint density at radius 1 is 1.35 bits per heavy atom. The number of rotatable bonds is 5. The Labute approximate surface area is 99.7 Å². The molecule has 0 amide bonds. The van der Waals surface area contributed by atoms with E-state index in [4.69, 9.17) is 9.84 Å². The molecule has 2 aromatic rings. The number of aromatic nitrogens is 3. The highest BCUT2D eigenvalue weighted by Crippen LogP contribution is 2.11. The fraction of sp³-hybridized carbons (Fsp3) is 0.333. The van der Waals surface area contributed by atoms with Crippen molar-refractivity contribution >= 4 is 0 Å². The number of aliphatic hydroxyl groups excluding tert-OH is 1. The molecular formula is C12H15N3O2. The minimum atomic E-state index is -0.0527. The van der Waals surface area contributed by atoms with Crippen LogP contribution in [0.3, 0.4) is 0 Å². The van der Waals surface area contributed by atoms with Gasteiger partial charge < -0.3 is 14.4 Å². The fourth-order valence-electron chi connectivity index (χ4n) is 1.50. The molecule has 0 spiro atoms. The van der Waals surface area contributed by atoms with Gasteiger partial charge in [0.05, 0.1) is 36.7 Å². The summed E-state index contributed by atoms with van der Waals surface area (Å²) in [5, 5.41) is 8.86. The molecule has 2 aromatic heterocycles. The first kappa shape index (κ1) is 11.6. The molecule has 0 saturated carbocycles. The first-order valence-corrected chi connectivity index (χ1v) is 5.51. The normalized spacial score (nSPS) is 10.5. The zero-order chi connectivity index (χ0) is 12.1. The van der Waals surface area contributed by atoms with Gasteiger partial charge in [0.15, 0.2) is 0 Å². The fourth-order valence-corrected chi connectivity index (χ4v) is 1.50. The van der Waals surface area contributed by atoms with E-state index in [0.29, 0.717) is 18.1 Å². The number of pyridine rings is 1. The van der Waals surface area contributed by atoms with Crippen LogP contribution in [-0.2, 0) is 19.8 Å². The monoisotopic (exact) mass is 233 g/mol. The maximum Gasteiger partial charge on any atom is 0.138 e. The van der Waals surface area contributed by atoms with Crippen LogP contribution in [0.4, 0.5) is 0 Å². The van der Waals surface area contributed by atoms with E-state index in [1.165, 1.54) is 0 Å². The maximum atomic E-state index is 8.86. The molecule has 1 N–H and O–H groups in total. The van der Waals surface area contributed by atoms with Gasteiger partial charge in [-0.3, -0.25) is 4.98 Å². The van der Waals surface area contributed by atoms with E-state index in [0.717, 1.165) is 12.2 Å². The van der Waals surface area contributed by atoms with Gasteiger partial charge in [-0.25, -0.2) is 4.98 Å². The summed E-state index contributed by atoms with van der Waals surface area (Å²) in [6.45, 7) is 3.35. The van der Waals surface area contributed by atoms with Crippen molar-refractivity contribution < 1.29 is 9.84 Å². The summed E-state index contributed by atoms with van der Waals surface area (Å²) in [6.07, 6.45) is 5.18. The SMILES string of the molecule is CCn1cncc1COc1ccc(CO)nc1. The molecule has 0 radical (unpaired) electrons. The van der Waals surface area contributed by atoms with Crippen molar-refractivity contribution in [1.29, 1.82) is 0 Å². The summed E-state index contributed by atoms with van der Waals surface area (Å²) < 4.78 is 7.61. The molecule has 0 aliphatic heterocycles. The van der Waals surface area contributed by atoms with E-state index in [1.54, 1.807) is 30.9 Å². The number of imidazole rings is 1. The van der Waals surface area contributed by atoms with Crippen LogP contribution in [-0.4, -0.2) is 19.6 Å². The van der Waals surface area contributed by atoms with Crippen LogP contribution < -0.4 is 4.74 Å². The third-order valence-corrected chi connectivity index (χ3v) is 2.49. The third kappa shape index (κ3) is 2.82. The van der Waals surface area contributed by atoms with Crippen molar-refractivity contribution in [2.75, 3.05) is 0 Å². The van der Waals surface area contributed by atoms with Gasteiger partial charge in [-0.15, -0.1) is 0 Å². The van der Waals surface area contributed by atoms with Crippen LogP contribution in [0.5, 0.6) is 5.75 Å². The smallest absolute Gasteiger partial charge is 0.138 e. The van der Waals surface area contributed by atoms with Crippen LogP contribution in [0.25, 0.3) is 0 Å². The highest BCUT2D eigenvalue weighted by molar-refractivity contribution is 5.19. The molecule has 2 rings (SSSR count). The lowest BCUT2D eigenvalue weighted by molar-refractivity contribution is 0.274. The van der Waals surface area contributed by atoms with Gasteiger partial charge >= 0.3 is 0 Å². The van der Waals surface area contributed by atoms with Crippen molar-refractivity contribution in [2.45, 2.75) is 26.7 Å². The molecule has 2 heterocycles. The molecule has 0 saturated heterocycles. The lowest BCUT2D eigenvalue weighted by Crippen LogP contribution is -2.04. The number of aryl methyl sites for hydroxylation is 1. The Morgan fingerprint density at radius 2 is 2.24 bits per heavy atom. The van der Waals surface area contributed by atoms with Crippen molar-refractivity contribution in [1.82, 2.24) is 14.5 Å². The predicted molar refractivity (Wildman–Crippen MR) is 62.4 cm³/mol. The Hall–Kier alpha value is -1.88. The highest BCUT2D eigenvalue weighted by Gasteiger charge is 2.02. The topological polar surface area (TPSA) is 60.2 Å². The van der Waals surface area contributed by atoms with E-state index >= 15 is 0 Å². The molecule has 5 heteroatoms. The second-order valence-corrected chi connectivity index (χ2v) is 3.60. The second kappa shape index (κ2) is 5.45. The molecule has 17 heavy (non-hydrogen) atoms. The summed E-state index contributed by atoms with van der Waals surface area (Å²) in [5.41, 5.74) is 1.66. The van der Waals surface area contributed by atoms with Crippen molar-refractivity contribution in [3.05, 3.63) is 42.2 Å². The van der Waals surface area contributed by atoms with Crippen LogP contribution in [0.1, 0.15) is 18.3 Å². The van der Waals surface area contributed by atoms with Crippen molar-refractivity contribution in [3.63, 3.8) is 0 Å². The average Bonchev–Trinajstić information content (AvgIpc) is 2.84. The van der Waals surface area contributed by atoms with Gasteiger partial charge in [0.1, 0.15) is 12.4 Å². The van der Waals surface area contributed by atoms with Gasteiger partial charge in [-0.05, 0) is 19.1 Å². The molecule has 0 fully saturated rings. The number of nitrogens with zero attached hydrogens (tertiary/aromatic N) is 3. The van der Waals surface area contributed by atoms with Gasteiger partial charge in [0.25, 0.3) is 0 Å². The lowest BCUT2D eigenvalue weighted by Gasteiger charge is -2.07. The average molecular weight is 233 g/mol. The van der Waals surface area contributed by atoms with E-state index in [2.05, 4.69) is 16.9 Å². The van der Waals surface area contributed by atoms with Crippen molar-refractivity contribution in [3.8, 4) is 5.75 Å². The quantitative estimate of drug-likeness (QED) is 0.847. The summed E-state index contributed by atoms with van der Waals surface area (Å²) in [4.78, 5) is 8.11. The molecule has 0 bridgehead atoms. The second-order valence-electron chi connectivity index (χ2n) is 3.60. The zero-order valence-corrected chi connectivity index (χ0v) is 9.71. The standard InChI is InChI=1S/C12H15N3O2/c1-2-15-9-13-5-11(15)8-17-12-4-3-10(7-16)14-6-12/h3-6,9,16H,2,7-8H2,1H3. The predicted octanol–water partition coefficient (Wildman–Crippen LogP) is 1.37. The van der Waals surface area contributed by atoms with E-state index in [-0.39, 0.29) is 6.61 Å². The lowest BCUT2D eigenvalue weighted by atomic mass is 10.3. The summed E-state index contributed by atoms with van der Waals surface area (Å²) in [5.74, 6) is 0.686. The number of ether oxygens (including phenoxy) is 1. The Bertz CT molecular complexity index is 465. The van der Waals surface area contributed by atoms with Gasteiger partial charge in [0, 0.05) is 6.54 Å². The highest BCUT2D eigenvalue weighted by atomic mass is 16.5. The van der Waals surface area contributed by atoms with Gasteiger partial charge in [-0.2, -0.15) is 0 Å².